The maximum atomic E-state index is 12.0. The highest BCUT2D eigenvalue weighted by atomic mass is 16.5. The Morgan fingerprint density at radius 2 is 2.00 bits per heavy atom. The molecule has 0 aliphatic carbocycles. The zero-order chi connectivity index (χ0) is 15.2. The van der Waals surface area contributed by atoms with Gasteiger partial charge in [-0.25, -0.2) is 4.79 Å². The number of anilines is 1. The molecule has 21 heavy (non-hydrogen) atoms. The average molecular weight is 290 g/mol. The fourth-order valence-electron chi connectivity index (χ4n) is 2.61. The van der Waals surface area contributed by atoms with Gasteiger partial charge in [0.25, 0.3) is 0 Å². The molecule has 1 amide bonds. The Kier molecular flexibility index (Phi) is 5.33. The van der Waals surface area contributed by atoms with E-state index in [0.29, 0.717) is 12.2 Å². The number of esters is 1. The van der Waals surface area contributed by atoms with Crippen LogP contribution < -0.4 is 10.2 Å². The first kappa shape index (κ1) is 15.5. The van der Waals surface area contributed by atoms with Gasteiger partial charge in [0.1, 0.15) is 0 Å². The third kappa shape index (κ3) is 3.82. The van der Waals surface area contributed by atoms with Gasteiger partial charge in [-0.2, -0.15) is 0 Å². The quantitative estimate of drug-likeness (QED) is 0.865. The third-order valence-electron chi connectivity index (χ3n) is 3.59. The van der Waals surface area contributed by atoms with Crippen molar-refractivity contribution in [3.05, 3.63) is 29.8 Å². The number of ether oxygens (including phenoxy) is 1. The Morgan fingerprint density at radius 3 is 2.52 bits per heavy atom. The van der Waals surface area contributed by atoms with E-state index >= 15 is 0 Å². The fraction of sp³-hybridized carbons (Fsp3) is 0.500. The van der Waals surface area contributed by atoms with Crippen molar-refractivity contribution in [1.29, 1.82) is 0 Å². The molecule has 0 saturated carbocycles. The van der Waals surface area contributed by atoms with Gasteiger partial charge >= 0.3 is 5.97 Å². The second-order valence-electron chi connectivity index (χ2n) is 5.12. The molecular weight excluding hydrogens is 268 g/mol. The minimum atomic E-state index is -0.339. The molecule has 1 N–H and O–H groups in total. The number of rotatable bonds is 4. The zero-order valence-corrected chi connectivity index (χ0v) is 12.6. The summed E-state index contributed by atoms with van der Waals surface area (Å²) in [5.41, 5.74) is 1.30. The summed E-state index contributed by atoms with van der Waals surface area (Å²) in [4.78, 5) is 25.4. The average Bonchev–Trinajstić information content (AvgIpc) is 2.49. The van der Waals surface area contributed by atoms with Gasteiger partial charge in [0.15, 0.2) is 0 Å². The highest BCUT2D eigenvalue weighted by Crippen LogP contribution is 2.22. The van der Waals surface area contributed by atoms with Crippen molar-refractivity contribution >= 4 is 17.6 Å². The smallest absolute Gasteiger partial charge is 0.338 e. The number of nitrogens with one attached hydrogen (secondary N) is 1. The Morgan fingerprint density at radius 1 is 1.29 bits per heavy atom. The van der Waals surface area contributed by atoms with E-state index in [4.69, 9.17) is 4.74 Å². The molecule has 5 nitrogen and oxygen atoms in total. The van der Waals surface area contributed by atoms with Crippen LogP contribution in [0, 0.1) is 0 Å². The summed E-state index contributed by atoms with van der Waals surface area (Å²) in [6.07, 6.45) is 3.23. The molecule has 1 heterocycles. The van der Waals surface area contributed by atoms with Gasteiger partial charge in [-0.15, -0.1) is 0 Å². The van der Waals surface area contributed by atoms with E-state index in [1.807, 2.05) is 0 Å². The number of nitrogens with zero attached hydrogens (tertiary/aromatic N) is 1. The lowest BCUT2D eigenvalue weighted by Gasteiger charge is -2.34. The molecular formula is C16H22N2O3. The lowest BCUT2D eigenvalue weighted by Crippen LogP contribution is -2.50. The Bertz CT molecular complexity index is 493. The van der Waals surface area contributed by atoms with Crippen LogP contribution in [-0.2, 0) is 9.53 Å². The zero-order valence-electron chi connectivity index (χ0n) is 12.6. The third-order valence-corrected chi connectivity index (χ3v) is 3.59. The molecule has 1 aliphatic rings. The fourth-order valence-corrected chi connectivity index (χ4v) is 2.61. The van der Waals surface area contributed by atoms with Gasteiger partial charge in [-0.05, 0) is 57.0 Å². The van der Waals surface area contributed by atoms with Crippen LogP contribution in [0.2, 0.25) is 0 Å². The number of benzene rings is 1. The van der Waals surface area contributed by atoms with Crippen LogP contribution in [0.15, 0.2) is 24.3 Å². The summed E-state index contributed by atoms with van der Waals surface area (Å²) in [6.45, 7) is 4.62. The van der Waals surface area contributed by atoms with Crippen molar-refractivity contribution in [3.8, 4) is 0 Å². The maximum absolute atomic E-state index is 12.0. The highest BCUT2D eigenvalue weighted by molar-refractivity contribution is 5.94. The number of hydrogen-bond acceptors (Lipinski definition) is 4. The van der Waals surface area contributed by atoms with E-state index in [0.717, 1.165) is 31.5 Å². The van der Waals surface area contributed by atoms with E-state index in [-0.39, 0.29) is 18.0 Å². The summed E-state index contributed by atoms with van der Waals surface area (Å²) >= 11 is 0. The van der Waals surface area contributed by atoms with Gasteiger partial charge in [0, 0.05) is 12.6 Å². The Labute approximate surface area is 125 Å². The van der Waals surface area contributed by atoms with E-state index in [9.17, 15) is 9.59 Å². The van der Waals surface area contributed by atoms with Gasteiger partial charge in [0.05, 0.1) is 18.3 Å². The topological polar surface area (TPSA) is 58.6 Å². The lowest BCUT2D eigenvalue weighted by atomic mass is 10.1. The van der Waals surface area contributed by atoms with Gasteiger partial charge < -0.3 is 4.74 Å². The molecule has 0 spiro atoms. The molecule has 0 aromatic heterocycles. The van der Waals surface area contributed by atoms with Crippen LogP contribution in [-0.4, -0.2) is 31.2 Å². The van der Waals surface area contributed by atoms with Crippen molar-refractivity contribution in [1.82, 2.24) is 5.32 Å². The second-order valence-corrected chi connectivity index (χ2v) is 5.12. The summed E-state index contributed by atoms with van der Waals surface area (Å²) in [6, 6.07) is 6.99. The van der Waals surface area contributed by atoms with E-state index in [1.165, 1.54) is 0 Å². The minimum Gasteiger partial charge on any atom is -0.462 e. The van der Waals surface area contributed by atoms with Gasteiger partial charge in [-0.3, -0.25) is 15.0 Å². The predicted octanol–water partition coefficient (Wildman–Crippen LogP) is 2.32. The molecule has 114 valence electrons. The molecule has 1 aromatic carbocycles. The molecule has 2 rings (SSSR count). The van der Waals surface area contributed by atoms with Crippen molar-refractivity contribution in [3.63, 3.8) is 0 Å². The first-order chi connectivity index (χ1) is 10.1. The van der Waals surface area contributed by atoms with E-state index in [2.05, 4.69) is 5.32 Å². The number of hydrogen-bond donors (Lipinski definition) is 1. The number of piperidine rings is 1. The normalized spacial score (nSPS) is 18.1. The molecule has 1 atom stereocenters. The van der Waals surface area contributed by atoms with E-state index < -0.39 is 0 Å². The summed E-state index contributed by atoms with van der Waals surface area (Å²) < 4.78 is 4.96. The number of carbonyl (C=O) groups excluding carboxylic acids is 2. The molecule has 1 aromatic rings. The number of carbonyl (C=O) groups is 2. The molecule has 1 unspecified atom stereocenters. The summed E-state index contributed by atoms with van der Waals surface area (Å²) in [5.74, 6) is -0.340. The molecule has 1 saturated heterocycles. The summed E-state index contributed by atoms with van der Waals surface area (Å²) in [7, 11) is 0. The number of amides is 1. The molecule has 1 fully saturated rings. The second kappa shape index (κ2) is 7.22. The highest BCUT2D eigenvalue weighted by Gasteiger charge is 2.24. The Balaban J connectivity index is 2.17. The van der Waals surface area contributed by atoms with Crippen LogP contribution in [0.4, 0.5) is 5.69 Å². The molecule has 0 bridgehead atoms. The summed E-state index contributed by atoms with van der Waals surface area (Å²) in [5, 5.41) is 3.37. The van der Waals surface area contributed by atoms with Crippen LogP contribution in [0.3, 0.4) is 0 Å². The largest absolute Gasteiger partial charge is 0.462 e. The molecule has 0 radical (unpaired) electrons. The van der Waals surface area contributed by atoms with Gasteiger partial charge in [0.2, 0.25) is 5.91 Å². The first-order valence-electron chi connectivity index (χ1n) is 7.44. The van der Waals surface area contributed by atoms with Gasteiger partial charge in [-0.1, -0.05) is 0 Å². The van der Waals surface area contributed by atoms with Crippen LogP contribution in [0.5, 0.6) is 0 Å². The van der Waals surface area contributed by atoms with Crippen molar-refractivity contribution in [2.24, 2.45) is 0 Å². The maximum Gasteiger partial charge on any atom is 0.338 e. The monoisotopic (exact) mass is 290 g/mol. The van der Waals surface area contributed by atoms with Crippen molar-refractivity contribution < 1.29 is 14.3 Å². The molecule has 1 aliphatic heterocycles. The van der Waals surface area contributed by atoms with Crippen LogP contribution in [0.25, 0.3) is 0 Å². The first-order valence-corrected chi connectivity index (χ1v) is 7.44. The lowest BCUT2D eigenvalue weighted by molar-refractivity contribution is -0.117. The Hall–Kier alpha value is -1.88. The minimum absolute atomic E-state index is 0.00159. The van der Waals surface area contributed by atoms with Crippen molar-refractivity contribution in [2.75, 3.05) is 18.1 Å². The van der Waals surface area contributed by atoms with Crippen LogP contribution >= 0.6 is 0 Å². The van der Waals surface area contributed by atoms with Crippen molar-refractivity contribution in [2.45, 2.75) is 39.3 Å². The SMILES string of the molecule is CCOC(=O)c1ccc(N(C(C)=O)C2CCCCN2)cc1. The molecule has 5 heteroatoms. The predicted molar refractivity (Wildman–Crippen MR) is 81.2 cm³/mol. The standard InChI is InChI=1S/C16H22N2O3/c1-3-21-16(20)13-7-9-14(10-8-13)18(12(2)19)15-6-4-5-11-17-15/h7-10,15,17H,3-6,11H2,1-2H3. The van der Waals surface area contributed by atoms with E-state index in [1.54, 1.807) is 43.0 Å². The van der Waals surface area contributed by atoms with Crippen LogP contribution in [0.1, 0.15) is 43.5 Å².